The first-order valence-electron chi connectivity index (χ1n) is 10.1. The molecule has 182 valence electrons. The van der Waals surface area contributed by atoms with Crippen molar-refractivity contribution in [3.05, 3.63) is 24.3 Å². The lowest BCUT2D eigenvalue weighted by Gasteiger charge is -2.19. The van der Waals surface area contributed by atoms with Crippen molar-refractivity contribution in [3.63, 3.8) is 0 Å². The minimum Gasteiger partial charge on any atom is -0.488 e. The van der Waals surface area contributed by atoms with Crippen LogP contribution in [0, 0.1) is 0 Å². The number of carboxylic acids is 3. The molecule has 0 aliphatic carbocycles. The van der Waals surface area contributed by atoms with E-state index in [0.29, 0.717) is 12.4 Å². The number of aliphatic carboxylic acids is 3. The Labute approximate surface area is 186 Å². The average Bonchev–Trinajstić information content (AvgIpc) is 2.69. The molecule has 1 aromatic carbocycles. The molecule has 0 aliphatic rings. The van der Waals surface area contributed by atoms with Gasteiger partial charge in [0.1, 0.15) is 13.2 Å². The largest absolute Gasteiger partial charge is 0.488 e. The molecule has 1 atom stereocenters. The van der Waals surface area contributed by atoms with Gasteiger partial charge in [-0.05, 0) is 32.1 Å². The molecule has 0 saturated carbocycles. The van der Waals surface area contributed by atoms with Crippen molar-refractivity contribution >= 4 is 17.9 Å². The van der Waals surface area contributed by atoms with Gasteiger partial charge in [0.15, 0.2) is 17.1 Å². The van der Waals surface area contributed by atoms with Gasteiger partial charge in [-0.15, -0.1) is 0 Å². The minimum atomic E-state index is -2.74. The van der Waals surface area contributed by atoms with E-state index in [4.69, 9.17) is 29.9 Å². The van der Waals surface area contributed by atoms with Crippen LogP contribution >= 0.6 is 0 Å². The Morgan fingerprint density at radius 3 is 1.81 bits per heavy atom. The number of aliphatic hydroxyl groups excluding tert-OH is 1. The number of carboxylic acid groups (broad SMARTS) is 3. The van der Waals surface area contributed by atoms with Crippen LogP contribution in [0.4, 0.5) is 0 Å². The van der Waals surface area contributed by atoms with Crippen molar-refractivity contribution in [3.8, 4) is 11.5 Å². The maximum Gasteiger partial charge on any atom is 0.336 e. The van der Waals surface area contributed by atoms with Gasteiger partial charge in [0, 0.05) is 6.54 Å². The maximum atomic E-state index is 10.3. The third-order valence-corrected chi connectivity index (χ3v) is 4.17. The van der Waals surface area contributed by atoms with Crippen molar-refractivity contribution in [1.82, 2.24) is 4.90 Å². The standard InChI is InChI=1S/C15H25NO3.C6H8O7/c1-4-16(5-2)10-11-18-14-8-6-7-9-15(14)19-12-13(3)17;7-3(8)1-6(13,5(11)12)2-4(9)10/h6-9,13,17H,4-5,10-12H2,1-3H3;13H,1-2H2,(H,7,8)(H,9,10)(H,11,12). The number of likely N-dealkylation sites (N-methyl/N-ethyl adjacent to an activating group) is 1. The molecule has 0 saturated heterocycles. The fraction of sp³-hybridized carbons (Fsp3) is 0.571. The number of rotatable bonds is 14. The molecule has 0 spiro atoms. The molecule has 11 nitrogen and oxygen atoms in total. The van der Waals surface area contributed by atoms with Crippen LogP contribution in [-0.2, 0) is 14.4 Å². The first-order chi connectivity index (χ1) is 14.9. The summed E-state index contributed by atoms with van der Waals surface area (Å²) >= 11 is 0. The van der Waals surface area contributed by atoms with Gasteiger partial charge in [0.2, 0.25) is 0 Å². The van der Waals surface area contributed by atoms with Gasteiger partial charge in [-0.1, -0.05) is 26.0 Å². The summed E-state index contributed by atoms with van der Waals surface area (Å²) in [5.74, 6) is -3.60. The molecule has 0 aliphatic heterocycles. The molecule has 11 heteroatoms. The molecule has 0 bridgehead atoms. The smallest absolute Gasteiger partial charge is 0.336 e. The molecule has 0 heterocycles. The predicted octanol–water partition coefficient (Wildman–Crippen LogP) is 0.918. The van der Waals surface area contributed by atoms with Crippen LogP contribution in [0.2, 0.25) is 0 Å². The molecule has 5 N–H and O–H groups in total. The van der Waals surface area contributed by atoms with Crippen molar-refractivity contribution in [2.24, 2.45) is 0 Å². The first kappa shape index (κ1) is 29.1. The highest BCUT2D eigenvalue weighted by Gasteiger charge is 2.40. The van der Waals surface area contributed by atoms with E-state index >= 15 is 0 Å². The van der Waals surface area contributed by atoms with E-state index in [0.717, 1.165) is 25.4 Å². The van der Waals surface area contributed by atoms with Crippen LogP contribution in [0.1, 0.15) is 33.6 Å². The average molecular weight is 459 g/mol. The molecule has 0 radical (unpaired) electrons. The number of ether oxygens (including phenoxy) is 2. The summed E-state index contributed by atoms with van der Waals surface area (Å²) in [7, 11) is 0. The van der Waals surface area contributed by atoms with Crippen molar-refractivity contribution in [1.29, 1.82) is 0 Å². The predicted molar refractivity (Wildman–Crippen MR) is 114 cm³/mol. The molecule has 1 rings (SSSR count). The second-order valence-corrected chi connectivity index (χ2v) is 6.96. The van der Waals surface area contributed by atoms with E-state index in [1.165, 1.54) is 0 Å². The Hall–Kier alpha value is -2.89. The maximum absolute atomic E-state index is 10.3. The molecular formula is C21H33NO10. The van der Waals surface area contributed by atoms with Crippen LogP contribution in [0.25, 0.3) is 0 Å². The minimum absolute atomic E-state index is 0.274. The second kappa shape index (κ2) is 15.0. The van der Waals surface area contributed by atoms with E-state index in [1.54, 1.807) is 6.92 Å². The lowest BCUT2D eigenvalue weighted by Crippen LogP contribution is -2.42. The highest BCUT2D eigenvalue weighted by atomic mass is 16.5. The number of aliphatic hydroxyl groups is 2. The third kappa shape index (κ3) is 12.1. The zero-order valence-electron chi connectivity index (χ0n) is 18.6. The van der Waals surface area contributed by atoms with E-state index in [1.807, 2.05) is 24.3 Å². The number of hydrogen-bond acceptors (Lipinski definition) is 8. The molecule has 1 aromatic rings. The molecule has 32 heavy (non-hydrogen) atoms. The SMILES string of the molecule is CCN(CC)CCOc1ccccc1OCC(C)O.O=C(O)CC(O)(CC(=O)O)C(=O)O. The quantitative estimate of drug-likeness (QED) is 0.267. The fourth-order valence-electron chi connectivity index (χ4n) is 2.44. The summed E-state index contributed by atoms with van der Waals surface area (Å²) in [6.45, 7) is 9.85. The number of nitrogens with zero attached hydrogens (tertiary/aromatic N) is 1. The van der Waals surface area contributed by atoms with Crippen LogP contribution in [0.5, 0.6) is 11.5 Å². The Kier molecular flexibility index (Phi) is 13.6. The van der Waals surface area contributed by atoms with Gasteiger partial charge in [0.05, 0.1) is 18.9 Å². The first-order valence-corrected chi connectivity index (χ1v) is 10.1. The Bertz CT molecular complexity index is 702. The van der Waals surface area contributed by atoms with Crippen molar-refractivity contribution < 1.29 is 49.4 Å². The third-order valence-electron chi connectivity index (χ3n) is 4.17. The van der Waals surface area contributed by atoms with Crippen LogP contribution in [0.3, 0.4) is 0 Å². The summed E-state index contributed by atoms with van der Waals surface area (Å²) in [5.41, 5.74) is -2.74. The monoisotopic (exact) mass is 459 g/mol. The number of carbonyl (C=O) groups is 3. The molecule has 0 fully saturated rings. The highest BCUT2D eigenvalue weighted by Crippen LogP contribution is 2.26. The Morgan fingerprint density at radius 1 is 0.969 bits per heavy atom. The molecule has 1 unspecified atom stereocenters. The van der Waals surface area contributed by atoms with Gasteiger partial charge in [-0.3, -0.25) is 9.59 Å². The van der Waals surface area contributed by atoms with Gasteiger partial charge in [0.25, 0.3) is 0 Å². The fourth-order valence-corrected chi connectivity index (χ4v) is 2.44. The zero-order valence-corrected chi connectivity index (χ0v) is 18.6. The van der Waals surface area contributed by atoms with Crippen LogP contribution in [0.15, 0.2) is 24.3 Å². The lowest BCUT2D eigenvalue weighted by molar-refractivity contribution is -0.170. The Morgan fingerprint density at radius 2 is 1.44 bits per heavy atom. The van der Waals surface area contributed by atoms with E-state index in [2.05, 4.69) is 18.7 Å². The van der Waals surface area contributed by atoms with Crippen LogP contribution < -0.4 is 9.47 Å². The topological polar surface area (TPSA) is 174 Å². The van der Waals surface area contributed by atoms with E-state index in [-0.39, 0.29) is 6.61 Å². The van der Waals surface area contributed by atoms with Gasteiger partial charge in [-0.25, -0.2) is 4.79 Å². The number of para-hydroxylation sites is 2. The molecule has 0 amide bonds. The Balaban J connectivity index is 0.000000649. The van der Waals surface area contributed by atoms with Crippen molar-refractivity contribution in [2.45, 2.75) is 45.3 Å². The summed E-state index contributed by atoms with van der Waals surface area (Å²) in [6, 6.07) is 7.56. The van der Waals surface area contributed by atoms with E-state index in [9.17, 15) is 19.5 Å². The summed E-state index contributed by atoms with van der Waals surface area (Å²) in [5, 5.41) is 43.1. The summed E-state index contributed by atoms with van der Waals surface area (Å²) < 4.78 is 11.3. The normalized spacial score (nSPS) is 11.8. The van der Waals surface area contributed by atoms with Crippen LogP contribution in [-0.4, -0.2) is 92.9 Å². The van der Waals surface area contributed by atoms with E-state index < -0.39 is 42.5 Å². The van der Waals surface area contributed by atoms with Gasteiger partial charge in [-0.2, -0.15) is 0 Å². The lowest BCUT2D eigenvalue weighted by atomic mass is 9.96. The van der Waals surface area contributed by atoms with Gasteiger partial charge >= 0.3 is 17.9 Å². The highest BCUT2D eigenvalue weighted by molar-refractivity contribution is 5.88. The number of benzene rings is 1. The number of hydrogen-bond donors (Lipinski definition) is 5. The summed E-state index contributed by atoms with van der Waals surface area (Å²) in [6.07, 6.45) is -2.77. The molecule has 0 aromatic heterocycles. The second-order valence-electron chi connectivity index (χ2n) is 6.96. The molecular weight excluding hydrogens is 426 g/mol. The summed E-state index contributed by atoms with van der Waals surface area (Å²) in [4.78, 5) is 32.8. The zero-order chi connectivity index (χ0) is 24.7. The van der Waals surface area contributed by atoms with Crippen molar-refractivity contribution in [2.75, 3.05) is 32.8 Å². The van der Waals surface area contributed by atoms with Gasteiger partial charge < -0.3 is 39.9 Å².